The summed E-state index contributed by atoms with van der Waals surface area (Å²) in [6.45, 7) is 0. The predicted octanol–water partition coefficient (Wildman–Crippen LogP) is 6.55. The van der Waals surface area contributed by atoms with Crippen LogP contribution in [0.2, 0.25) is 0 Å². The van der Waals surface area contributed by atoms with E-state index < -0.39 is 0 Å². The molecule has 2 fully saturated rings. The molecule has 5 rings (SSSR count). The maximum atomic E-state index is 5.81. The van der Waals surface area contributed by atoms with Gasteiger partial charge in [0.2, 0.25) is 0 Å². The summed E-state index contributed by atoms with van der Waals surface area (Å²) in [5.41, 5.74) is 5.19. The Morgan fingerprint density at radius 2 is 1.33 bits per heavy atom. The molecule has 2 saturated heterocycles. The second kappa shape index (κ2) is 8.63. The van der Waals surface area contributed by atoms with Gasteiger partial charge in [0.25, 0.3) is 0 Å². The average Bonchev–Trinajstić information content (AvgIpc) is 2.81. The van der Waals surface area contributed by atoms with E-state index in [0.717, 1.165) is 35.6 Å². The molecule has 160 valence electrons. The first-order valence-electron chi connectivity index (χ1n) is 11.9. The topological polar surface area (TPSA) is 21.7 Å². The van der Waals surface area contributed by atoms with Crippen molar-refractivity contribution in [2.75, 3.05) is 14.2 Å². The molecule has 3 aliphatic heterocycles. The summed E-state index contributed by atoms with van der Waals surface area (Å²) >= 11 is 0. The maximum absolute atomic E-state index is 5.81. The molecule has 0 amide bonds. The maximum Gasteiger partial charge on any atom is 0.126 e. The lowest BCUT2D eigenvalue weighted by molar-refractivity contribution is -0.00162. The smallest absolute Gasteiger partial charge is 0.126 e. The summed E-state index contributed by atoms with van der Waals surface area (Å²) in [4.78, 5) is 2.93. The molecule has 2 aromatic carbocycles. The molecule has 3 aliphatic rings. The molecule has 3 heteroatoms. The van der Waals surface area contributed by atoms with E-state index in [0.29, 0.717) is 6.04 Å². The van der Waals surface area contributed by atoms with Gasteiger partial charge < -0.3 is 9.47 Å². The van der Waals surface area contributed by atoms with Gasteiger partial charge in [-0.25, -0.2) is 0 Å². The highest BCUT2D eigenvalue weighted by molar-refractivity contribution is 5.77. The summed E-state index contributed by atoms with van der Waals surface area (Å²) in [6.07, 6.45) is 13.2. The first-order valence-corrected chi connectivity index (χ1v) is 11.9. The zero-order valence-electron chi connectivity index (χ0n) is 18.5. The molecule has 0 radical (unpaired) electrons. The number of rotatable bonds is 2. The Morgan fingerprint density at radius 1 is 0.700 bits per heavy atom. The molecule has 3 heterocycles. The Morgan fingerprint density at radius 3 is 2.07 bits per heavy atom. The third-order valence-corrected chi connectivity index (χ3v) is 7.71. The lowest BCUT2D eigenvalue weighted by Gasteiger charge is -2.50. The van der Waals surface area contributed by atoms with E-state index in [1.54, 1.807) is 14.2 Å². The van der Waals surface area contributed by atoms with Crippen molar-refractivity contribution in [1.82, 2.24) is 4.90 Å². The van der Waals surface area contributed by atoms with Crippen LogP contribution in [-0.4, -0.2) is 31.2 Å². The number of fused-ring (bicyclic) bond motifs is 6. The lowest BCUT2D eigenvalue weighted by atomic mass is 9.81. The molecule has 0 aliphatic carbocycles. The zero-order valence-corrected chi connectivity index (χ0v) is 18.5. The van der Waals surface area contributed by atoms with Gasteiger partial charge in [0.15, 0.2) is 0 Å². The molecule has 0 N–H and O–H groups in total. The molecule has 3 nitrogen and oxygen atoms in total. The van der Waals surface area contributed by atoms with Crippen LogP contribution in [0.4, 0.5) is 0 Å². The van der Waals surface area contributed by atoms with E-state index in [2.05, 4.69) is 41.3 Å². The SMILES string of the molecule is COc1ccc2cc1-c1cc(ccc1OC)[C@H]1CCC[C@@H]3CCC[C@@H](CCCC2)N31. The van der Waals surface area contributed by atoms with Crippen molar-refractivity contribution in [2.45, 2.75) is 82.3 Å². The highest BCUT2D eigenvalue weighted by Gasteiger charge is 2.38. The molecule has 30 heavy (non-hydrogen) atoms. The van der Waals surface area contributed by atoms with E-state index in [-0.39, 0.29) is 0 Å². The highest BCUT2D eigenvalue weighted by atomic mass is 16.5. The quantitative estimate of drug-likeness (QED) is 0.566. The number of piperidine rings is 2. The van der Waals surface area contributed by atoms with E-state index in [1.165, 1.54) is 74.5 Å². The fraction of sp³-hybridized carbons (Fsp3) is 0.556. The Hall–Kier alpha value is -2.00. The Balaban J connectivity index is 1.66. The molecule has 0 unspecified atom stereocenters. The van der Waals surface area contributed by atoms with Crippen LogP contribution in [0.25, 0.3) is 11.1 Å². The van der Waals surface area contributed by atoms with Crippen molar-refractivity contribution in [3.8, 4) is 22.6 Å². The molecular formula is C27H35NO2. The van der Waals surface area contributed by atoms with Gasteiger partial charge in [-0.15, -0.1) is 0 Å². The average molecular weight is 406 g/mol. The van der Waals surface area contributed by atoms with Gasteiger partial charge in [0, 0.05) is 29.3 Å². The van der Waals surface area contributed by atoms with E-state index >= 15 is 0 Å². The molecule has 0 saturated carbocycles. The van der Waals surface area contributed by atoms with E-state index in [9.17, 15) is 0 Å². The summed E-state index contributed by atoms with van der Waals surface area (Å²) in [7, 11) is 3.55. The summed E-state index contributed by atoms with van der Waals surface area (Å²) < 4.78 is 11.6. The summed E-state index contributed by atoms with van der Waals surface area (Å²) in [6, 6.07) is 15.7. The summed E-state index contributed by atoms with van der Waals surface area (Å²) in [5.74, 6) is 1.87. The van der Waals surface area contributed by atoms with Crippen LogP contribution in [0.15, 0.2) is 36.4 Å². The van der Waals surface area contributed by atoms with Gasteiger partial charge in [0.1, 0.15) is 11.5 Å². The third-order valence-electron chi connectivity index (χ3n) is 7.71. The fourth-order valence-electron chi connectivity index (χ4n) is 6.29. The van der Waals surface area contributed by atoms with Gasteiger partial charge in [0.05, 0.1) is 14.2 Å². The molecule has 4 bridgehead atoms. The number of aryl methyl sites for hydroxylation is 1. The standard InChI is InChI=1S/C27H35NO2/c1-29-26-15-13-19-7-3-4-8-21-9-5-10-22-11-6-12-25(28(21)22)20-14-16-27(30-2)24(18-20)23(26)17-19/h13-18,21-22,25H,3-12H2,1-2H3/t21-,22+,25-/m1/s1. The normalized spacial score (nSPS) is 26.5. The first-order chi connectivity index (χ1) is 14.8. The molecule has 0 aromatic heterocycles. The number of benzene rings is 2. The van der Waals surface area contributed by atoms with Crippen LogP contribution in [0.5, 0.6) is 11.5 Å². The number of hydrogen-bond acceptors (Lipinski definition) is 3. The lowest BCUT2D eigenvalue weighted by Crippen LogP contribution is -2.50. The van der Waals surface area contributed by atoms with Crippen molar-refractivity contribution in [2.24, 2.45) is 0 Å². The Bertz CT molecular complexity index is 890. The molecule has 0 spiro atoms. The second-order valence-corrected chi connectivity index (χ2v) is 9.37. The minimum Gasteiger partial charge on any atom is -0.496 e. The van der Waals surface area contributed by atoms with Gasteiger partial charge >= 0.3 is 0 Å². The van der Waals surface area contributed by atoms with Gasteiger partial charge in [-0.05, 0) is 86.8 Å². The van der Waals surface area contributed by atoms with Crippen LogP contribution in [0.3, 0.4) is 0 Å². The van der Waals surface area contributed by atoms with Crippen LogP contribution < -0.4 is 9.47 Å². The number of hydrogen-bond donors (Lipinski definition) is 0. The minimum atomic E-state index is 0.536. The van der Waals surface area contributed by atoms with Crippen molar-refractivity contribution < 1.29 is 9.47 Å². The van der Waals surface area contributed by atoms with Crippen LogP contribution >= 0.6 is 0 Å². The zero-order chi connectivity index (χ0) is 20.5. The van der Waals surface area contributed by atoms with Gasteiger partial charge in [-0.1, -0.05) is 25.0 Å². The predicted molar refractivity (Wildman–Crippen MR) is 122 cm³/mol. The number of ether oxygens (including phenoxy) is 2. The Labute approximate surface area is 181 Å². The monoisotopic (exact) mass is 405 g/mol. The molecule has 3 atom stereocenters. The van der Waals surface area contributed by atoms with Crippen LogP contribution in [0, 0.1) is 0 Å². The minimum absolute atomic E-state index is 0.536. The van der Waals surface area contributed by atoms with E-state index in [1.807, 2.05) is 0 Å². The van der Waals surface area contributed by atoms with Crippen molar-refractivity contribution in [3.63, 3.8) is 0 Å². The number of nitrogens with zero attached hydrogens (tertiary/aromatic N) is 1. The van der Waals surface area contributed by atoms with E-state index in [4.69, 9.17) is 9.47 Å². The van der Waals surface area contributed by atoms with Crippen LogP contribution in [-0.2, 0) is 6.42 Å². The van der Waals surface area contributed by atoms with Crippen molar-refractivity contribution in [3.05, 3.63) is 47.5 Å². The highest BCUT2D eigenvalue weighted by Crippen LogP contribution is 2.45. The molecular weight excluding hydrogens is 370 g/mol. The number of methoxy groups -OCH3 is 2. The Kier molecular flexibility index (Phi) is 5.73. The van der Waals surface area contributed by atoms with Gasteiger partial charge in [-0.2, -0.15) is 0 Å². The van der Waals surface area contributed by atoms with Crippen LogP contribution in [0.1, 0.15) is 75.0 Å². The third kappa shape index (κ3) is 3.62. The van der Waals surface area contributed by atoms with Crippen molar-refractivity contribution >= 4 is 0 Å². The first kappa shape index (κ1) is 19.9. The van der Waals surface area contributed by atoms with Gasteiger partial charge in [-0.3, -0.25) is 4.90 Å². The van der Waals surface area contributed by atoms with Crippen molar-refractivity contribution in [1.29, 1.82) is 0 Å². The summed E-state index contributed by atoms with van der Waals surface area (Å²) in [5, 5.41) is 0. The second-order valence-electron chi connectivity index (χ2n) is 9.37. The fourth-order valence-corrected chi connectivity index (χ4v) is 6.29. The molecule has 2 aromatic rings. The largest absolute Gasteiger partial charge is 0.496 e.